The van der Waals surface area contributed by atoms with Gasteiger partial charge in [-0.1, -0.05) is 0 Å². The van der Waals surface area contributed by atoms with Gasteiger partial charge in [0.1, 0.15) is 5.69 Å². The van der Waals surface area contributed by atoms with Crippen LogP contribution >= 0.6 is 0 Å². The zero-order chi connectivity index (χ0) is 13.1. The van der Waals surface area contributed by atoms with Gasteiger partial charge in [0, 0.05) is 19.2 Å². The summed E-state index contributed by atoms with van der Waals surface area (Å²) in [5.41, 5.74) is 0.733. The van der Waals surface area contributed by atoms with Gasteiger partial charge >= 0.3 is 5.97 Å². The Morgan fingerprint density at radius 1 is 1.39 bits per heavy atom. The molecular weight excluding hydrogens is 236 g/mol. The molecule has 0 bridgehead atoms. The van der Waals surface area contributed by atoms with Gasteiger partial charge in [0.25, 0.3) is 5.69 Å². The Morgan fingerprint density at radius 2 is 2.06 bits per heavy atom. The van der Waals surface area contributed by atoms with Crippen LogP contribution in [0, 0.1) is 10.1 Å². The highest BCUT2D eigenvalue weighted by molar-refractivity contribution is 5.91. The number of carbonyl (C=O) groups excluding carboxylic acids is 1. The van der Waals surface area contributed by atoms with E-state index < -0.39 is 10.9 Å². The summed E-state index contributed by atoms with van der Waals surface area (Å²) < 4.78 is 4.56. The van der Waals surface area contributed by atoms with Crippen molar-refractivity contribution in [3.8, 4) is 0 Å². The fourth-order valence-electron chi connectivity index (χ4n) is 2.14. The van der Waals surface area contributed by atoms with Gasteiger partial charge in [-0.25, -0.2) is 4.79 Å². The molecule has 0 spiro atoms. The zero-order valence-electron chi connectivity index (χ0n) is 10.1. The van der Waals surface area contributed by atoms with E-state index in [1.807, 2.05) is 4.90 Å². The molecule has 2 rings (SSSR count). The second-order valence-corrected chi connectivity index (χ2v) is 4.15. The third kappa shape index (κ3) is 2.27. The number of benzene rings is 1. The van der Waals surface area contributed by atoms with E-state index in [9.17, 15) is 14.9 Å². The SMILES string of the molecule is COC(=O)c1ccc(N2CCCC2)c([N+](=O)[O-])c1. The van der Waals surface area contributed by atoms with Gasteiger partial charge in [-0.3, -0.25) is 10.1 Å². The van der Waals surface area contributed by atoms with Crippen molar-refractivity contribution in [1.82, 2.24) is 0 Å². The highest BCUT2D eigenvalue weighted by atomic mass is 16.6. The predicted molar refractivity (Wildman–Crippen MR) is 65.9 cm³/mol. The number of anilines is 1. The quantitative estimate of drug-likeness (QED) is 0.466. The largest absolute Gasteiger partial charge is 0.465 e. The number of rotatable bonds is 3. The average molecular weight is 250 g/mol. The Bertz CT molecular complexity index is 481. The van der Waals surface area contributed by atoms with E-state index in [0.29, 0.717) is 5.69 Å². The summed E-state index contributed by atoms with van der Waals surface area (Å²) in [5.74, 6) is -0.564. The zero-order valence-corrected chi connectivity index (χ0v) is 10.1. The summed E-state index contributed by atoms with van der Waals surface area (Å²) in [4.78, 5) is 23.9. The number of nitro benzene ring substituents is 1. The summed E-state index contributed by atoms with van der Waals surface area (Å²) in [6.45, 7) is 1.64. The minimum atomic E-state index is -0.564. The first-order valence-electron chi connectivity index (χ1n) is 5.75. The van der Waals surface area contributed by atoms with Gasteiger partial charge in [-0.05, 0) is 25.0 Å². The lowest BCUT2D eigenvalue weighted by Gasteiger charge is -2.17. The molecule has 1 fully saturated rings. The van der Waals surface area contributed by atoms with E-state index in [1.54, 1.807) is 12.1 Å². The number of esters is 1. The van der Waals surface area contributed by atoms with Gasteiger partial charge < -0.3 is 9.64 Å². The molecule has 0 atom stereocenters. The Kier molecular flexibility index (Phi) is 3.45. The molecule has 96 valence electrons. The molecule has 0 amide bonds. The molecule has 0 aliphatic carbocycles. The molecule has 1 heterocycles. The van der Waals surface area contributed by atoms with Crippen molar-refractivity contribution in [1.29, 1.82) is 0 Å². The maximum Gasteiger partial charge on any atom is 0.338 e. The Balaban J connectivity index is 2.40. The molecule has 1 aromatic carbocycles. The van der Waals surface area contributed by atoms with Crippen LogP contribution in [0.4, 0.5) is 11.4 Å². The van der Waals surface area contributed by atoms with Crippen LogP contribution in [-0.2, 0) is 4.74 Å². The monoisotopic (exact) mass is 250 g/mol. The third-order valence-corrected chi connectivity index (χ3v) is 3.04. The van der Waals surface area contributed by atoms with Crippen molar-refractivity contribution in [2.75, 3.05) is 25.1 Å². The van der Waals surface area contributed by atoms with E-state index >= 15 is 0 Å². The van der Waals surface area contributed by atoms with E-state index in [2.05, 4.69) is 4.74 Å². The number of hydrogen-bond acceptors (Lipinski definition) is 5. The molecule has 1 aromatic rings. The van der Waals surface area contributed by atoms with E-state index in [0.717, 1.165) is 25.9 Å². The summed E-state index contributed by atoms with van der Waals surface area (Å²) >= 11 is 0. The van der Waals surface area contributed by atoms with Crippen molar-refractivity contribution in [3.63, 3.8) is 0 Å². The normalized spacial score (nSPS) is 14.6. The summed E-state index contributed by atoms with van der Waals surface area (Å²) in [7, 11) is 1.25. The number of hydrogen-bond donors (Lipinski definition) is 0. The first kappa shape index (κ1) is 12.3. The van der Waals surface area contributed by atoms with Crippen LogP contribution in [-0.4, -0.2) is 31.1 Å². The molecule has 0 unspecified atom stereocenters. The summed E-state index contributed by atoms with van der Waals surface area (Å²) in [6, 6.07) is 4.46. The number of nitro groups is 1. The molecule has 0 N–H and O–H groups in total. The Morgan fingerprint density at radius 3 is 2.61 bits per heavy atom. The first-order chi connectivity index (χ1) is 8.63. The number of ether oxygens (including phenoxy) is 1. The molecule has 0 radical (unpaired) electrons. The molecule has 18 heavy (non-hydrogen) atoms. The molecule has 0 aromatic heterocycles. The molecule has 6 heteroatoms. The van der Waals surface area contributed by atoms with Crippen LogP contribution in [0.2, 0.25) is 0 Å². The smallest absolute Gasteiger partial charge is 0.338 e. The topological polar surface area (TPSA) is 72.7 Å². The predicted octanol–water partition coefficient (Wildman–Crippen LogP) is 1.98. The van der Waals surface area contributed by atoms with Crippen molar-refractivity contribution in [2.45, 2.75) is 12.8 Å². The number of nitrogens with zero attached hydrogens (tertiary/aromatic N) is 2. The van der Waals surface area contributed by atoms with E-state index in [-0.39, 0.29) is 11.3 Å². The van der Waals surface area contributed by atoms with Crippen molar-refractivity contribution >= 4 is 17.3 Å². The van der Waals surface area contributed by atoms with Crippen LogP contribution < -0.4 is 4.90 Å². The number of methoxy groups -OCH3 is 1. The minimum absolute atomic E-state index is 0.0419. The van der Waals surface area contributed by atoms with Gasteiger partial charge in [0.15, 0.2) is 0 Å². The van der Waals surface area contributed by atoms with Gasteiger partial charge in [0.05, 0.1) is 17.6 Å². The molecule has 0 saturated carbocycles. The fourth-order valence-corrected chi connectivity index (χ4v) is 2.14. The second-order valence-electron chi connectivity index (χ2n) is 4.15. The fraction of sp³-hybridized carbons (Fsp3) is 0.417. The highest BCUT2D eigenvalue weighted by Crippen LogP contribution is 2.31. The Hall–Kier alpha value is -2.11. The van der Waals surface area contributed by atoms with Gasteiger partial charge in [0.2, 0.25) is 0 Å². The maximum atomic E-state index is 11.4. The lowest BCUT2D eigenvalue weighted by Crippen LogP contribution is -2.19. The van der Waals surface area contributed by atoms with Crippen molar-refractivity contribution in [2.24, 2.45) is 0 Å². The Labute approximate surface area is 104 Å². The summed E-state index contributed by atoms with van der Waals surface area (Å²) in [5, 5.41) is 11.1. The lowest BCUT2D eigenvalue weighted by molar-refractivity contribution is -0.384. The van der Waals surface area contributed by atoms with Crippen LogP contribution in [0.15, 0.2) is 18.2 Å². The minimum Gasteiger partial charge on any atom is -0.465 e. The molecular formula is C12H14N2O4. The van der Waals surface area contributed by atoms with E-state index in [4.69, 9.17) is 0 Å². The van der Waals surface area contributed by atoms with Crippen LogP contribution in [0.5, 0.6) is 0 Å². The van der Waals surface area contributed by atoms with Crippen LogP contribution in [0.3, 0.4) is 0 Å². The lowest BCUT2D eigenvalue weighted by atomic mass is 10.1. The molecule has 1 saturated heterocycles. The van der Waals surface area contributed by atoms with Crippen molar-refractivity contribution in [3.05, 3.63) is 33.9 Å². The second kappa shape index (κ2) is 5.03. The number of carbonyl (C=O) groups is 1. The molecule has 1 aliphatic rings. The van der Waals surface area contributed by atoms with E-state index in [1.165, 1.54) is 13.2 Å². The first-order valence-corrected chi connectivity index (χ1v) is 5.75. The highest BCUT2D eigenvalue weighted by Gasteiger charge is 2.23. The van der Waals surface area contributed by atoms with Crippen LogP contribution in [0.1, 0.15) is 23.2 Å². The summed E-state index contributed by atoms with van der Waals surface area (Å²) in [6.07, 6.45) is 2.08. The van der Waals surface area contributed by atoms with Crippen LogP contribution in [0.25, 0.3) is 0 Å². The van der Waals surface area contributed by atoms with Crippen molar-refractivity contribution < 1.29 is 14.5 Å². The molecule has 6 nitrogen and oxygen atoms in total. The molecule has 1 aliphatic heterocycles. The third-order valence-electron chi connectivity index (χ3n) is 3.04. The maximum absolute atomic E-state index is 11.4. The standard InChI is InChI=1S/C12H14N2O4/c1-18-12(15)9-4-5-10(11(8-9)14(16)17)13-6-2-3-7-13/h4-5,8H,2-3,6-7H2,1H3. The van der Waals surface area contributed by atoms with Gasteiger partial charge in [-0.15, -0.1) is 0 Å². The van der Waals surface area contributed by atoms with Gasteiger partial charge in [-0.2, -0.15) is 0 Å². The average Bonchev–Trinajstić information content (AvgIpc) is 2.90.